The first-order valence-electron chi connectivity index (χ1n) is 7.21. The van der Waals surface area contributed by atoms with E-state index < -0.39 is 5.60 Å². The summed E-state index contributed by atoms with van der Waals surface area (Å²) in [4.78, 5) is 0. The van der Waals surface area contributed by atoms with Crippen LogP contribution in [0.4, 0.5) is 0 Å². The topological polar surface area (TPSA) is 32.3 Å². The van der Waals surface area contributed by atoms with Crippen molar-refractivity contribution in [3.05, 3.63) is 35.4 Å². The first-order chi connectivity index (χ1) is 8.69. The Balaban J connectivity index is 1.88. The Morgan fingerprint density at radius 1 is 1.17 bits per heavy atom. The molecule has 2 heteroatoms. The van der Waals surface area contributed by atoms with Gasteiger partial charge in [0.25, 0.3) is 0 Å². The highest BCUT2D eigenvalue weighted by molar-refractivity contribution is 5.26. The summed E-state index contributed by atoms with van der Waals surface area (Å²) >= 11 is 0. The van der Waals surface area contributed by atoms with Gasteiger partial charge in [-0.1, -0.05) is 42.7 Å². The van der Waals surface area contributed by atoms with Gasteiger partial charge in [-0.2, -0.15) is 0 Å². The minimum Gasteiger partial charge on any atom is -0.389 e. The van der Waals surface area contributed by atoms with E-state index in [1.54, 1.807) is 0 Å². The van der Waals surface area contributed by atoms with Gasteiger partial charge in [0.15, 0.2) is 0 Å². The fourth-order valence-corrected chi connectivity index (χ4v) is 3.75. The Hall–Kier alpha value is -0.860. The van der Waals surface area contributed by atoms with Crippen molar-refractivity contribution in [2.24, 2.45) is 5.92 Å². The van der Waals surface area contributed by atoms with Crippen molar-refractivity contribution in [3.8, 4) is 0 Å². The number of fused-ring (bicyclic) bond motifs is 1. The summed E-state index contributed by atoms with van der Waals surface area (Å²) in [6.45, 7) is 3.06. The molecule has 98 valence electrons. The lowest BCUT2D eigenvalue weighted by Crippen LogP contribution is -2.53. The zero-order valence-corrected chi connectivity index (χ0v) is 11.2. The monoisotopic (exact) mass is 245 g/mol. The molecule has 2 fully saturated rings. The maximum absolute atomic E-state index is 10.8. The molecule has 3 unspecified atom stereocenters. The summed E-state index contributed by atoms with van der Waals surface area (Å²) in [5.41, 5.74) is 2.22. The molecule has 0 aromatic heterocycles. The lowest BCUT2D eigenvalue weighted by molar-refractivity contribution is -0.0861. The number of hydrogen-bond donors (Lipinski definition) is 2. The van der Waals surface area contributed by atoms with Gasteiger partial charge in [-0.25, -0.2) is 0 Å². The van der Waals surface area contributed by atoms with Gasteiger partial charge in [0.2, 0.25) is 0 Å². The van der Waals surface area contributed by atoms with E-state index in [-0.39, 0.29) is 0 Å². The number of benzene rings is 1. The number of rotatable bonds is 1. The molecule has 1 saturated carbocycles. The van der Waals surface area contributed by atoms with E-state index in [0.29, 0.717) is 12.0 Å². The maximum atomic E-state index is 10.8. The van der Waals surface area contributed by atoms with Crippen molar-refractivity contribution in [2.45, 2.75) is 50.7 Å². The minimum absolute atomic E-state index is 0.338. The number of aryl methyl sites for hydroxylation is 1. The Morgan fingerprint density at radius 3 is 2.72 bits per heavy atom. The largest absolute Gasteiger partial charge is 0.389 e. The number of hydrogen-bond acceptors (Lipinski definition) is 2. The van der Waals surface area contributed by atoms with E-state index in [9.17, 15) is 5.11 Å². The van der Waals surface area contributed by atoms with Crippen LogP contribution in [0.1, 0.15) is 49.3 Å². The van der Waals surface area contributed by atoms with Gasteiger partial charge in [0.1, 0.15) is 0 Å². The smallest absolute Gasteiger partial charge is 0.0706 e. The molecule has 1 saturated heterocycles. The van der Waals surface area contributed by atoms with Crippen molar-refractivity contribution in [3.63, 3.8) is 0 Å². The summed E-state index contributed by atoms with van der Waals surface area (Å²) in [6.07, 6.45) is 5.51. The molecule has 2 aliphatic rings. The third-order valence-corrected chi connectivity index (χ3v) is 4.83. The molecule has 0 amide bonds. The van der Waals surface area contributed by atoms with Crippen LogP contribution in [0.2, 0.25) is 0 Å². The molecule has 1 aromatic rings. The van der Waals surface area contributed by atoms with Crippen LogP contribution in [-0.2, 0) is 0 Å². The van der Waals surface area contributed by atoms with Crippen LogP contribution in [0.15, 0.2) is 24.3 Å². The Morgan fingerprint density at radius 2 is 1.94 bits per heavy atom. The summed E-state index contributed by atoms with van der Waals surface area (Å²) in [5, 5.41) is 14.5. The van der Waals surface area contributed by atoms with Gasteiger partial charge in [0.05, 0.1) is 5.60 Å². The second-order valence-electron chi connectivity index (χ2n) is 6.05. The van der Waals surface area contributed by atoms with Crippen LogP contribution in [0, 0.1) is 12.8 Å². The molecule has 3 atom stereocenters. The molecule has 1 heterocycles. The van der Waals surface area contributed by atoms with E-state index in [0.717, 1.165) is 25.8 Å². The minimum atomic E-state index is -0.418. The van der Waals surface area contributed by atoms with Crippen LogP contribution in [0.25, 0.3) is 0 Å². The van der Waals surface area contributed by atoms with Gasteiger partial charge in [-0.05, 0) is 38.3 Å². The summed E-state index contributed by atoms with van der Waals surface area (Å²) < 4.78 is 0. The molecule has 2 nitrogen and oxygen atoms in total. The average Bonchev–Trinajstić information content (AvgIpc) is 2.38. The third-order valence-electron chi connectivity index (χ3n) is 4.83. The van der Waals surface area contributed by atoms with Gasteiger partial charge >= 0.3 is 0 Å². The van der Waals surface area contributed by atoms with Crippen molar-refractivity contribution >= 4 is 0 Å². The summed E-state index contributed by atoms with van der Waals surface area (Å²) in [7, 11) is 0. The van der Waals surface area contributed by atoms with E-state index in [1.165, 1.54) is 24.0 Å². The zero-order chi connectivity index (χ0) is 12.6. The third kappa shape index (κ3) is 2.08. The molecule has 1 aliphatic carbocycles. The maximum Gasteiger partial charge on any atom is 0.0706 e. The SMILES string of the molecule is Cc1ccc(C2NCCC3(O)CCCCC23)cc1. The molecule has 3 rings (SSSR count). The molecule has 1 aliphatic heterocycles. The Bertz CT molecular complexity index is 410. The molecular weight excluding hydrogens is 222 g/mol. The second-order valence-corrected chi connectivity index (χ2v) is 6.05. The van der Waals surface area contributed by atoms with Crippen LogP contribution < -0.4 is 5.32 Å². The predicted octanol–water partition coefficient (Wildman–Crippen LogP) is 2.95. The van der Waals surface area contributed by atoms with Crippen LogP contribution in [0.5, 0.6) is 0 Å². The molecule has 0 radical (unpaired) electrons. The standard InChI is InChI=1S/C16H23NO/c1-12-5-7-13(8-6-12)15-14-4-2-3-9-16(14,18)10-11-17-15/h5-8,14-15,17-18H,2-4,9-11H2,1H3. The van der Waals surface area contributed by atoms with Crippen molar-refractivity contribution in [2.75, 3.05) is 6.54 Å². The van der Waals surface area contributed by atoms with E-state index >= 15 is 0 Å². The zero-order valence-electron chi connectivity index (χ0n) is 11.2. The van der Waals surface area contributed by atoms with Crippen molar-refractivity contribution in [1.82, 2.24) is 5.32 Å². The fraction of sp³-hybridized carbons (Fsp3) is 0.625. The van der Waals surface area contributed by atoms with Crippen LogP contribution in [0.3, 0.4) is 0 Å². The molecule has 18 heavy (non-hydrogen) atoms. The Labute approximate surface area is 109 Å². The molecule has 1 aromatic carbocycles. The lowest BCUT2D eigenvalue weighted by atomic mass is 9.67. The van der Waals surface area contributed by atoms with Gasteiger partial charge < -0.3 is 10.4 Å². The summed E-state index contributed by atoms with van der Waals surface area (Å²) in [5.74, 6) is 0.391. The van der Waals surface area contributed by atoms with Gasteiger partial charge in [-0.3, -0.25) is 0 Å². The number of nitrogens with one attached hydrogen (secondary N) is 1. The van der Waals surface area contributed by atoms with E-state index in [2.05, 4.69) is 36.5 Å². The van der Waals surface area contributed by atoms with E-state index in [1.807, 2.05) is 0 Å². The molecule has 0 spiro atoms. The molecular formula is C16H23NO. The first-order valence-corrected chi connectivity index (χ1v) is 7.21. The number of piperidine rings is 1. The predicted molar refractivity (Wildman–Crippen MR) is 73.4 cm³/mol. The molecule has 2 N–H and O–H groups in total. The highest BCUT2D eigenvalue weighted by atomic mass is 16.3. The number of aliphatic hydroxyl groups is 1. The second kappa shape index (κ2) is 4.67. The van der Waals surface area contributed by atoms with E-state index in [4.69, 9.17) is 0 Å². The highest BCUT2D eigenvalue weighted by Crippen LogP contribution is 2.45. The van der Waals surface area contributed by atoms with Crippen LogP contribution in [-0.4, -0.2) is 17.3 Å². The lowest BCUT2D eigenvalue weighted by Gasteiger charge is -2.48. The van der Waals surface area contributed by atoms with Crippen LogP contribution >= 0.6 is 0 Å². The van der Waals surface area contributed by atoms with Crippen molar-refractivity contribution in [1.29, 1.82) is 0 Å². The molecule has 0 bridgehead atoms. The quantitative estimate of drug-likeness (QED) is 0.797. The highest BCUT2D eigenvalue weighted by Gasteiger charge is 2.45. The Kier molecular flexibility index (Phi) is 3.16. The fourth-order valence-electron chi connectivity index (χ4n) is 3.75. The van der Waals surface area contributed by atoms with Gasteiger partial charge in [-0.15, -0.1) is 0 Å². The normalized spacial score (nSPS) is 36.1. The summed E-state index contributed by atoms with van der Waals surface area (Å²) in [6, 6.07) is 9.12. The average molecular weight is 245 g/mol. The first kappa shape index (κ1) is 12.2. The van der Waals surface area contributed by atoms with Crippen molar-refractivity contribution < 1.29 is 5.11 Å². The van der Waals surface area contributed by atoms with Gasteiger partial charge in [0, 0.05) is 12.0 Å².